The van der Waals surface area contributed by atoms with Crippen LogP contribution >= 0.6 is 31.9 Å². The maximum absolute atomic E-state index is 11.1. The van der Waals surface area contributed by atoms with E-state index < -0.39 is 5.97 Å². The van der Waals surface area contributed by atoms with Gasteiger partial charge in [0.05, 0.1) is 27.4 Å². The highest BCUT2D eigenvalue weighted by Gasteiger charge is 2.10. The first-order valence-corrected chi connectivity index (χ1v) is 8.07. The Balaban J connectivity index is 2.28. The summed E-state index contributed by atoms with van der Waals surface area (Å²) in [5, 5.41) is 0. The molecule has 2 aromatic rings. The Morgan fingerprint density at radius 2 is 1.74 bits per heavy atom. The molecule has 2 rings (SSSR count). The smallest absolute Gasteiger partial charge is 0.330 e. The summed E-state index contributed by atoms with van der Waals surface area (Å²) in [4.78, 5) is 11.1. The molecular formula is C16H14Br2N2O3. The van der Waals surface area contributed by atoms with Crippen molar-refractivity contribution in [2.45, 2.75) is 0 Å². The van der Waals surface area contributed by atoms with Crippen LogP contribution in [0.5, 0.6) is 11.5 Å². The number of anilines is 2. The lowest BCUT2D eigenvalue weighted by molar-refractivity contribution is -0.134. The summed E-state index contributed by atoms with van der Waals surface area (Å²) in [6, 6.07) is 8.70. The van der Waals surface area contributed by atoms with Crippen molar-refractivity contribution in [2.24, 2.45) is 0 Å². The van der Waals surface area contributed by atoms with E-state index >= 15 is 0 Å². The lowest BCUT2D eigenvalue weighted by atomic mass is 10.2. The van der Waals surface area contributed by atoms with Crippen LogP contribution in [0.3, 0.4) is 0 Å². The second-order valence-corrected chi connectivity index (χ2v) is 6.27. The van der Waals surface area contributed by atoms with Crippen molar-refractivity contribution in [3.63, 3.8) is 0 Å². The number of methoxy groups -OCH3 is 1. The minimum absolute atomic E-state index is 0.421. The lowest BCUT2D eigenvalue weighted by Gasteiger charge is -2.12. The molecule has 0 saturated heterocycles. The first kappa shape index (κ1) is 17.4. The molecule has 0 amide bonds. The Bertz CT molecular complexity index is 753. The van der Waals surface area contributed by atoms with E-state index in [1.807, 2.05) is 12.1 Å². The van der Waals surface area contributed by atoms with Gasteiger partial charge >= 0.3 is 5.97 Å². The topological polar surface area (TPSA) is 87.6 Å². The molecule has 0 spiro atoms. The van der Waals surface area contributed by atoms with Crippen LogP contribution < -0.4 is 16.2 Å². The standard InChI is InChI=1S/C16H14Br2N2O3/c1-22-15(21)5-2-9-6-11(17)16(12(18)7-9)23-10-3-4-13(19)14(20)8-10/h2-8H,19-20H2,1H3/b5-2+. The quantitative estimate of drug-likeness (QED) is 0.418. The molecule has 0 aliphatic carbocycles. The van der Waals surface area contributed by atoms with Crippen molar-refractivity contribution >= 4 is 55.3 Å². The predicted octanol–water partition coefficient (Wildman–Crippen LogP) is 4.35. The number of esters is 1. The number of carbonyl (C=O) groups is 1. The third kappa shape index (κ3) is 4.49. The Morgan fingerprint density at radius 3 is 2.30 bits per heavy atom. The fourth-order valence-electron chi connectivity index (χ4n) is 1.74. The maximum Gasteiger partial charge on any atom is 0.330 e. The van der Waals surface area contributed by atoms with Crippen molar-refractivity contribution in [1.82, 2.24) is 0 Å². The van der Waals surface area contributed by atoms with Crippen LogP contribution in [0.1, 0.15) is 5.56 Å². The monoisotopic (exact) mass is 440 g/mol. The van der Waals surface area contributed by atoms with Gasteiger partial charge in [-0.3, -0.25) is 0 Å². The highest BCUT2D eigenvalue weighted by atomic mass is 79.9. The van der Waals surface area contributed by atoms with Crippen molar-refractivity contribution in [3.8, 4) is 11.5 Å². The Kier molecular flexibility index (Phi) is 5.68. The molecule has 23 heavy (non-hydrogen) atoms. The Labute approximate surface area is 150 Å². The van der Waals surface area contributed by atoms with Gasteiger partial charge in [-0.05, 0) is 67.8 Å². The number of nitrogen functional groups attached to an aromatic ring is 2. The van der Waals surface area contributed by atoms with Gasteiger partial charge in [-0.1, -0.05) is 0 Å². The first-order valence-electron chi connectivity index (χ1n) is 6.48. The van der Waals surface area contributed by atoms with Gasteiger partial charge in [0, 0.05) is 12.1 Å². The van der Waals surface area contributed by atoms with E-state index in [4.69, 9.17) is 16.2 Å². The SMILES string of the molecule is COC(=O)/C=C/c1cc(Br)c(Oc2ccc(N)c(N)c2)c(Br)c1. The van der Waals surface area contributed by atoms with E-state index in [-0.39, 0.29) is 0 Å². The van der Waals surface area contributed by atoms with Crippen molar-refractivity contribution < 1.29 is 14.3 Å². The Morgan fingerprint density at radius 1 is 1.09 bits per heavy atom. The summed E-state index contributed by atoms with van der Waals surface area (Å²) in [6.45, 7) is 0. The highest BCUT2D eigenvalue weighted by Crippen LogP contribution is 2.38. The van der Waals surface area contributed by atoms with E-state index in [9.17, 15) is 4.79 Å². The molecule has 0 atom stereocenters. The minimum atomic E-state index is -0.421. The summed E-state index contributed by atoms with van der Waals surface area (Å²) in [5.41, 5.74) is 13.2. The molecule has 0 unspecified atom stereocenters. The summed E-state index contributed by atoms with van der Waals surface area (Å²) in [5.74, 6) is 0.732. The molecule has 2 aromatic carbocycles. The van der Waals surface area contributed by atoms with Gasteiger partial charge in [0.1, 0.15) is 5.75 Å². The molecule has 0 aliphatic heterocycles. The summed E-state index contributed by atoms with van der Waals surface area (Å²) in [7, 11) is 1.33. The van der Waals surface area contributed by atoms with Crippen LogP contribution in [0, 0.1) is 0 Å². The molecule has 5 nitrogen and oxygen atoms in total. The van der Waals surface area contributed by atoms with E-state index in [1.54, 1.807) is 24.3 Å². The normalized spacial score (nSPS) is 10.7. The van der Waals surface area contributed by atoms with Crippen molar-refractivity contribution in [1.29, 1.82) is 0 Å². The van der Waals surface area contributed by atoms with E-state index in [0.29, 0.717) is 31.8 Å². The van der Waals surface area contributed by atoms with E-state index in [2.05, 4.69) is 36.6 Å². The Hall–Kier alpha value is -1.99. The number of carbonyl (C=O) groups excluding carboxylic acids is 1. The third-order valence-corrected chi connectivity index (χ3v) is 4.09. The molecule has 0 heterocycles. The van der Waals surface area contributed by atoms with Gasteiger partial charge in [0.2, 0.25) is 0 Å². The minimum Gasteiger partial charge on any atom is -0.466 e. The van der Waals surface area contributed by atoms with E-state index in [0.717, 1.165) is 5.56 Å². The average Bonchev–Trinajstić information content (AvgIpc) is 2.51. The fourth-order valence-corrected chi connectivity index (χ4v) is 3.12. The third-order valence-electron chi connectivity index (χ3n) is 2.91. The molecule has 0 bridgehead atoms. The summed E-state index contributed by atoms with van der Waals surface area (Å²) >= 11 is 6.90. The van der Waals surface area contributed by atoms with Gasteiger partial charge in [0.15, 0.2) is 5.75 Å². The molecule has 0 aliphatic rings. The number of ether oxygens (including phenoxy) is 2. The van der Waals surface area contributed by atoms with Crippen LogP contribution in [0.25, 0.3) is 6.08 Å². The number of hydrogen-bond donors (Lipinski definition) is 2. The van der Waals surface area contributed by atoms with Gasteiger partial charge in [-0.15, -0.1) is 0 Å². The number of hydrogen-bond acceptors (Lipinski definition) is 5. The van der Waals surface area contributed by atoms with Crippen LogP contribution in [-0.2, 0) is 9.53 Å². The average molecular weight is 442 g/mol. The van der Waals surface area contributed by atoms with Crippen LogP contribution in [0.4, 0.5) is 11.4 Å². The molecule has 7 heteroatoms. The maximum atomic E-state index is 11.1. The van der Waals surface area contributed by atoms with Crippen LogP contribution in [0.2, 0.25) is 0 Å². The summed E-state index contributed by atoms with van der Waals surface area (Å²) in [6.07, 6.45) is 2.99. The molecule has 120 valence electrons. The predicted molar refractivity (Wildman–Crippen MR) is 98.2 cm³/mol. The number of nitrogens with two attached hydrogens (primary N) is 2. The van der Waals surface area contributed by atoms with Gasteiger partial charge in [0.25, 0.3) is 0 Å². The van der Waals surface area contributed by atoms with Gasteiger partial charge in [-0.25, -0.2) is 4.79 Å². The lowest BCUT2D eigenvalue weighted by Crippen LogP contribution is -1.95. The first-order chi connectivity index (χ1) is 10.9. The largest absolute Gasteiger partial charge is 0.466 e. The second kappa shape index (κ2) is 7.52. The zero-order chi connectivity index (χ0) is 17.0. The van der Waals surface area contributed by atoms with Crippen molar-refractivity contribution in [2.75, 3.05) is 18.6 Å². The molecule has 0 aromatic heterocycles. The highest BCUT2D eigenvalue weighted by molar-refractivity contribution is 9.11. The number of benzene rings is 2. The van der Waals surface area contributed by atoms with Gasteiger partial charge in [-0.2, -0.15) is 0 Å². The summed E-state index contributed by atoms with van der Waals surface area (Å²) < 4.78 is 11.8. The number of halogens is 2. The van der Waals surface area contributed by atoms with Crippen LogP contribution in [0.15, 0.2) is 45.4 Å². The van der Waals surface area contributed by atoms with Crippen molar-refractivity contribution in [3.05, 3.63) is 50.9 Å². The molecule has 0 saturated carbocycles. The molecule has 0 fully saturated rings. The number of rotatable bonds is 4. The second-order valence-electron chi connectivity index (χ2n) is 4.56. The molecular weight excluding hydrogens is 428 g/mol. The van der Waals surface area contributed by atoms with Crippen LogP contribution in [-0.4, -0.2) is 13.1 Å². The fraction of sp³-hybridized carbons (Fsp3) is 0.0625. The molecule has 4 N–H and O–H groups in total. The van der Waals surface area contributed by atoms with E-state index in [1.165, 1.54) is 13.2 Å². The zero-order valence-corrected chi connectivity index (χ0v) is 15.3. The zero-order valence-electron chi connectivity index (χ0n) is 12.2. The molecule has 0 radical (unpaired) electrons. The van der Waals surface area contributed by atoms with Gasteiger partial charge < -0.3 is 20.9 Å².